The first-order valence-electron chi connectivity index (χ1n) is 7.82. The van der Waals surface area contributed by atoms with E-state index in [1.54, 1.807) is 0 Å². The van der Waals surface area contributed by atoms with E-state index in [2.05, 4.69) is 0 Å². The Morgan fingerprint density at radius 2 is 1.14 bits per heavy atom. The smallest absolute Gasteiger partial charge is 0.245 e. The molecule has 0 N–H and O–H groups in total. The lowest BCUT2D eigenvalue weighted by molar-refractivity contribution is -0.450. The molecule has 0 spiro atoms. The molecular formula is C16H13N3O2. The summed E-state index contributed by atoms with van der Waals surface area (Å²) in [6, 6.07) is 9.97. The van der Waals surface area contributed by atoms with E-state index < -0.39 is 0 Å². The number of rotatable bonds is 1. The summed E-state index contributed by atoms with van der Waals surface area (Å²) in [6.07, 6.45) is 0. The summed E-state index contributed by atoms with van der Waals surface area (Å²) in [5.41, 5.74) is 0.426. The minimum absolute atomic E-state index is 0.132. The van der Waals surface area contributed by atoms with Crippen LogP contribution in [-0.4, -0.2) is 13.9 Å². The average Bonchev–Trinajstić information content (AvgIpc) is 2.71. The molecule has 5 heteroatoms. The van der Waals surface area contributed by atoms with Gasteiger partial charge >= 0.3 is 11.4 Å². The maximum absolute atomic E-state index is 12.8. The van der Waals surface area contributed by atoms with Crippen LogP contribution >= 0.6 is 0 Å². The van der Waals surface area contributed by atoms with Crippen LogP contribution in [0.3, 0.4) is 0 Å². The first-order valence-corrected chi connectivity index (χ1v) is 7.82. The Morgan fingerprint density at radius 3 is 1.62 bits per heavy atom. The summed E-state index contributed by atoms with van der Waals surface area (Å²) in [5, 5.41) is 0. The van der Waals surface area contributed by atoms with Gasteiger partial charge in [0.1, 0.15) is 0 Å². The molecule has 0 amide bonds. The molecule has 1 aromatic heterocycles. The fraction of sp³-hybridized carbons (Fsp3) is 0.500. The van der Waals surface area contributed by atoms with Gasteiger partial charge in [-0.2, -0.15) is 0 Å². The van der Waals surface area contributed by atoms with Crippen LogP contribution in [0, 0.1) is 35.5 Å². The van der Waals surface area contributed by atoms with E-state index in [9.17, 15) is 9.59 Å². The van der Waals surface area contributed by atoms with Crippen molar-refractivity contribution in [3.05, 3.63) is 51.3 Å². The summed E-state index contributed by atoms with van der Waals surface area (Å²) in [7, 11) is 0. The van der Waals surface area contributed by atoms with Gasteiger partial charge in [0, 0.05) is 0 Å². The molecule has 4 fully saturated rings. The third-order valence-corrected chi connectivity index (χ3v) is 7.27. The highest BCUT2D eigenvalue weighted by Gasteiger charge is 2.90. The molecule has 4 unspecified atom stereocenters. The monoisotopic (exact) mass is 279 g/mol. The van der Waals surface area contributed by atoms with E-state index in [0.717, 1.165) is 11.8 Å². The topological polar surface area (TPSA) is 48.9 Å². The van der Waals surface area contributed by atoms with Gasteiger partial charge < -0.3 is 0 Å². The number of hydrogen-bond donors (Lipinski definition) is 0. The summed E-state index contributed by atoms with van der Waals surface area (Å²) >= 11 is 0. The van der Waals surface area contributed by atoms with E-state index in [1.807, 2.05) is 39.7 Å². The zero-order valence-corrected chi connectivity index (χ0v) is 11.2. The molecule has 4 saturated carbocycles. The number of para-hydroxylation sites is 1. The van der Waals surface area contributed by atoms with Crippen molar-refractivity contribution in [1.82, 2.24) is 13.9 Å². The molecule has 2 aliphatic heterocycles. The molecular weight excluding hydrogens is 266 g/mol. The molecule has 3 heterocycles. The Bertz CT molecular complexity index is 875. The van der Waals surface area contributed by atoms with Gasteiger partial charge in [0.25, 0.3) is 0 Å². The van der Waals surface area contributed by atoms with Gasteiger partial charge in [0.2, 0.25) is 0 Å². The van der Waals surface area contributed by atoms with E-state index >= 15 is 0 Å². The van der Waals surface area contributed by atoms with Gasteiger partial charge in [-0.1, -0.05) is 18.2 Å². The Labute approximate surface area is 119 Å². The standard InChI is InChI=1S/C16H13N3O2/c20-15-17(6-4-2-1-3-5-6)16(21)19-14-11-8-7-9(11)13(18(15)19)10(7)12(8)14/h1-5,7-14H/t7?,8?,9-,10-,11-,12+,13?,14?/m1/s1. The molecule has 2 bridgehead atoms. The maximum Gasteiger partial charge on any atom is 0.352 e. The number of benzene rings is 1. The zero-order chi connectivity index (χ0) is 13.6. The Kier molecular flexibility index (Phi) is 1.19. The normalized spacial score (nSPS) is 48.4. The Balaban J connectivity index is 1.57. The summed E-state index contributed by atoms with van der Waals surface area (Å²) in [4.78, 5) is 25.7. The highest BCUT2D eigenvalue weighted by atomic mass is 16.2. The van der Waals surface area contributed by atoms with E-state index in [0.29, 0.717) is 41.4 Å². The first kappa shape index (κ1) is 9.82. The molecule has 8 atom stereocenters. The van der Waals surface area contributed by atoms with Crippen molar-refractivity contribution in [3.8, 4) is 5.69 Å². The van der Waals surface area contributed by atoms with E-state index in [-0.39, 0.29) is 11.4 Å². The predicted octanol–water partition coefficient (Wildman–Crippen LogP) is 0.648. The maximum atomic E-state index is 12.8. The van der Waals surface area contributed by atoms with E-state index in [4.69, 9.17) is 0 Å². The zero-order valence-electron chi connectivity index (χ0n) is 11.2. The number of aromatic nitrogens is 3. The van der Waals surface area contributed by atoms with Crippen LogP contribution < -0.4 is 11.4 Å². The van der Waals surface area contributed by atoms with Crippen LogP contribution in [-0.2, 0) is 0 Å². The summed E-state index contributed by atoms with van der Waals surface area (Å²) in [5.74, 6) is 4.63. The SMILES string of the molecule is O=c1n(-c2ccccc2)c(=O)n2n1C1[C@H]3C4C5[C@H]3C2[C@H]5[C@@H]41. The van der Waals surface area contributed by atoms with Crippen LogP contribution in [0.1, 0.15) is 12.1 Å². The lowest BCUT2D eigenvalue weighted by atomic mass is 9.16. The van der Waals surface area contributed by atoms with Gasteiger partial charge in [0.05, 0.1) is 17.8 Å². The number of hydrogen-bond acceptors (Lipinski definition) is 2. The van der Waals surface area contributed by atoms with Crippen molar-refractivity contribution in [2.75, 3.05) is 0 Å². The van der Waals surface area contributed by atoms with Crippen molar-refractivity contribution in [2.45, 2.75) is 12.1 Å². The molecule has 2 aromatic rings. The summed E-state index contributed by atoms with van der Waals surface area (Å²) in [6.45, 7) is 0. The molecule has 0 radical (unpaired) electrons. The first-order chi connectivity index (χ1) is 10.3. The largest absolute Gasteiger partial charge is 0.352 e. The molecule has 5 nitrogen and oxygen atoms in total. The third kappa shape index (κ3) is 0.681. The molecule has 0 saturated heterocycles. The molecule has 21 heavy (non-hydrogen) atoms. The number of nitrogens with zero attached hydrogens (tertiary/aromatic N) is 3. The highest BCUT2D eigenvalue weighted by molar-refractivity contribution is 5.38. The fourth-order valence-electron chi connectivity index (χ4n) is 6.78. The van der Waals surface area contributed by atoms with Crippen molar-refractivity contribution in [1.29, 1.82) is 0 Å². The van der Waals surface area contributed by atoms with Gasteiger partial charge in [-0.05, 0) is 47.6 Å². The van der Waals surface area contributed by atoms with Crippen LogP contribution in [0.25, 0.3) is 5.69 Å². The van der Waals surface area contributed by atoms with Gasteiger partial charge in [-0.3, -0.25) is 0 Å². The minimum atomic E-state index is -0.132. The second kappa shape index (κ2) is 2.56. The Hall–Kier alpha value is -2.04. The van der Waals surface area contributed by atoms with Crippen molar-refractivity contribution in [2.24, 2.45) is 35.5 Å². The fourth-order valence-corrected chi connectivity index (χ4v) is 6.78. The Morgan fingerprint density at radius 1 is 0.667 bits per heavy atom. The molecule has 1 aromatic carbocycles. The van der Waals surface area contributed by atoms with Gasteiger partial charge in [-0.25, -0.2) is 23.5 Å². The summed E-state index contributed by atoms with van der Waals surface area (Å²) < 4.78 is 4.99. The van der Waals surface area contributed by atoms with Crippen LogP contribution in [0.4, 0.5) is 0 Å². The van der Waals surface area contributed by atoms with Crippen LogP contribution in [0.15, 0.2) is 39.9 Å². The second-order valence-corrected chi connectivity index (χ2v) is 7.37. The van der Waals surface area contributed by atoms with Crippen molar-refractivity contribution >= 4 is 0 Å². The quantitative estimate of drug-likeness (QED) is 0.769. The third-order valence-electron chi connectivity index (χ3n) is 7.27. The molecule has 8 rings (SSSR count). The second-order valence-electron chi connectivity index (χ2n) is 7.37. The lowest BCUT2D eigenvalue weighted by Crippen LogP contribution is -2.91. The van der Waals surface area contributed by atoms with Crippen molar-refractivity contribution < 1.29 is 0 Å². The van der Waals surface area contributed by atoms with Crippen LogP contribution in [0.2, 0.25) is 0 Å². The highest BCUT2D eigenvalue weighted by Crippen LogP contribution is 2.91. The minimum Gasteiger partial charge on any atom is -0.245 e. The molecule has 104 valence electrons. The average molecular weight is 279 g/mol. The van der Waals surface area contributed by atoms with Crippen LogP contribution in [0.5, 0.6) is 0 Å². The predicted molar refractivity (Wildman–Crippen MR) is 73.3 cm³/mol. The lowest BCUT2D eigenvalue weighted by Gasteiger charge is -2.91. The van der Waals surface area contributed by atoms with Gasteiger partial charge in [0.15, 0.2) is 0 Å². The molecule has 6 aliphatic rings. The van der Waals surface area contributed by atoms with Gasteiger partial charge in [-0.15, -0.1) is 0 Å². The van der Waals surface area contributed by atoms with Crippen molar-refractivity contribution in [3.63, 3.8) is 0 Å². The van der Waals surface area contributed by atoms with E-state index in [1.165, 1.54) is 4.57 Å². The molecule has 4 aliphatic carbocycles.